The van der Waals surface area contributed by atoms with E-state index in [2.05, 4.69) is 4.52 Å². The molecular formula is C14H21N4O11P. The van der Waals surface area contributed by atoms with E-state index in [1.807, 2.05) is 4.98 Å². The van der Waals surface area contributed by atoms with Crippen molar-refractivity contribution in [3.05, 3.63) is 32.6 Å². The van der Waals surface area contributed by atoms with Gasteiger partial charge in [-0.15, -0.1) is 0 Å². The summed E-state index contributed by atoms with van der Waals surface area (Å²) in [5.74, 6) is -2.66. The smallest absolute Gasteiger partial charge is 0.432 e. The van der Waals surface area contributed by atoms with Crippen LogP contribution in [0.1, 0.15) is 18.2 Å². The molecule has 2 heterocycles. The fraction of sp³-hybridized carbons (Fsp3) is 0.571. The van der Waals surface area contributed by atoms with E-state index < -0.39 is 74.5 Å². The summed E-state index contributed by atoms with van der Waals surface area (Å²) in [6, 6.07) is -1.61. The zero-order chi connectivity index (χ0) is 22.8. The minimum absolute atomic E-state index is 0.125. The van der Waals surface area contributed by atoms with Crippen LogP contribution in [0.3, 0.4) is 0 Å². The Hall–Kier alpha value is -2.39. The van der Waals surface area contributed by atoms with Gasteiger partial charge in [0.1, 0.15) is 18.3 Å². The van der Waals surface area contributed by atoms with Crippen molar-refractivity contribution < 1.29 is 43.6 Å². The number of carboxylic acid groups (broad SMARTS) is 1. The lowest BCUT2D eigenvalue weighted by Gasteiger charge is -2.19. The molecule has 0 radical (unpaired) electrons. The average Bonchev–Trinajstić information content (AvgIpc) is 2.90. The normalized spacial score (nSPS) is 26.7. The lowest BCUT2D eigenvalue weighted by molar-refractivity contribution is -0.139. The Labute approximate surface area is 167 Å². The highest BCUT2D eigenvalue weighted by molar-refractivity contribution is 7.51. The highest BCUT2D eigenvalue weighted by Gasteiger charge is 2.45. The SMILES string of the molecule is Cc1cn([C@H]2O[C@H](COP(=O)(O)NC(=O)[C@@H](N)CC(=O)O)[C@@H](O)[C@H]2O)c(=O)[nH]c1=O. The Morgan fingerprint density at radius 2 is 2.03 bits per heavy atom. The number of aliphatic carboxylic acids is 1. The van der Waals surface area contributed by atoms with Crippen molar-refractivity contribution in [2.24, 2.45) is 5.73 Å². The molecule has 1 saturated heterocycles. The number of carbonyl (C=O) groups excluding carboxylic acids is 1. The molecule has 1 aliphatic heterocycles. The third kappa shape index (κ3) is 5.60. The van der Waals surface area contributed by atoms with Gasteiger partial charge in [0.15, 0.2) is 6.23 Å². The van der Waals surface area contributed by atoms with Crippen LogP contribution in [0.4, 0.5) is 0 Å². The Kier molecular flexibility index (Phi) is 7.31. The highest BCUT2D eigenvalue weighted by atomic mass is 31.2. The Morgan fingerprint density at radius 1 is 1.40 bits per heavy atom. The quantitative estimate of drug-likeness (QED) is 0.190. The predicted molar refractivity (Wildman–Crippen MR) is 96.1 cm³/mol. The van der Waals surface area contributed by atoms with Crippen molar-refractivity contribution in [3.8, 4) is 0 Å². The van der Waals surface area contributed by atoms with Gasteiger partial charge in [0.25, 0.3) is 5.56 Å². The number of aryl methyl sites for hydroxylation is 1. The van der Waals surface area contributed by atoms with E-state index in [0.29, 0.717) is 0 Å². The zero-order valence-electron chi connectivity index (χ0n) is 15.5. The number of ether oxygens (including phenoxy) is 1. The van der Waals surface area contributed by atoms with E-state index in [1.54, 1.807) is 5.09 Å². The molecule has 8 N–H and O–H groups in total. The summed E-state index contributed by atoms with van der Waals surface area (Å²) >= 11 is 0. The molecule has 0 saturated carbocycles. The number of nitrogens with one attached hydrogen (secondary N) is 2. The zero-order valence-corrected chi connectivity index (χ0v) is 16.4. The number of H-pyrrole nitrogens is 1. The van der Waals surface area contributed by atoms with Crippen molar-refractivity contribution in [1.29, 1.82) is 0 Å². The molecule has 6 atom stereocenters. The molecule has 1 amide bonds. The number of amides is 1. The molecule has 1 aromatic heterocycles. The van der Waals surface area contributed by atoms with Gasteiger partial charge < -0.3 is 30.7 Å². The van der Waals surface area contributed by atoms with Gasteiger partial charge in [-0.1, -0.05) is 0 Å². The molecule has 0 aromatic carbocycles. The van der Waals surface area contributed by atoms with Gasteiger partial charge in [-0.3, -0.25) is 33.5 Å². The van der Waals surface area contributed by atoms with Crippen LogP contribution in [-0.2, 0) is 23.4 Å². The number of rotatable bonds is 8. The second kappa shape index (κ2) is 9.18. The van der Waals surface area contributed by atoms with Crippen molar-refractivity contribution in [2.45, 2.75) is 43.9 Å². The Balaban J connectivity index is 2.04. The van der Waals surface area contributed by atoms with Gasteiger partial charge >= 0.3 is 19.4 Å². The van der Waals surface area contributed by atoms with Crippen molar-refractivity contribution in [2.75, 3.05) is 6.61 Å². The van der Waals surface area contributed by atoms with E-state index in [9.17, 15) is 38.8 Å². The minimum Gasteiger partial charge on any atom is -0.481 e. The summed E-state index contributed by atoms with van der Waals surface area (Å²) in [6.07, 6.45) is -5.83. The third-order valence-electron chi connectivity index (χ3n) is 4.15. The maximum atomic E-state index is 12.0. The molecule has 0 aliphatic carbocycles. The largest absolute Gasteiger partial charge is 0.481 e. The van der Waals surface area contributed by atoms with Crippen LogP contribution in [0.25, 0.3) is 0 Å². The van der Waals surface area contributed by atoms with E-state index in [4.69, 9.17) is 15.6 Å². The number of hydrogen-bond acceptors (Lipinski definition) is 10. The molecule has 16 heteroatoms. The third-order valence-corrected chi connectivity index (χ3v) is 5.16. The van der Waals surface area contributed by atoms with Crippen molar-refractivity contribution in [3.63, 3.8) is 0 Å². The lowest BCUT2D eigenvalue weighted by atomic mass is 10.1. The number of hydrogen-bond donors (Lipinski definition) is 7. The number of aliphatic hydroxyl groups excluding tert-OH is 2. The number of carboxylic acids is 1. The molecule has 15 nitrogen and oxygen atoms in total. The highest BCUT2D eigenvalue weighted by Crippen LogP contribution is 2.39. The van der Waals surface area contributed by atoms with Crippen LogP contribution in [0.15, 0.2) is 15.8 Å². The molecule has 1 fully saturated rings. The first-order valence-electron chi connectivity index (χ1n) is 8.43. The molecule has 0 bridgehead atoms. The number of aliphatic hydroxyl groups is 2. The summed E-state index contributed by atoms with van der Waals surface area (Å²) in [4.78, 5) is 57.2. The number of carbonyl (C=O) groups is 2. The maximum absolute atomic E-state index is 12.0. The number of aromatic amines is 1. The van der Waals surface area contributed by atoms with Crippen molar-refractivity contribution >= 4 is 19.6 Å². The van der Waals surface area contributed by atoms with E-state index >= 15 is 0 Å². The molecule has 168 valence electrons. The monoisotopic (exact) mass is 452 g/mol. The number of nitrogens with two attached hydrogens (primary N) is 1. The van der Waals surface area contributed by atoms with Gasteiger partial charge in [0, 0.05) is 11.8 Å². The molecule has 1 aliphatic rings. The maximum Gasteiger partial charge on any atom is 0.432 e. The lowest BCUT2D eigenvalue weighted by Crippen LogP contribution is -2.41. The molecule has 1 unspecified atom stereocenters. The van der Waals surface area contributed by atoms with E-state index in [-0.39, 0.29) is 5.56 Å². The number of nitrogens with zero attached hydrogens (tertiary/aromatic N) is 1. The van der Waals surface area contributed by atoms with Gasteiger partial charge in [-0.05, 0) is 6.92 Å². The fourth-order valence-corrected chi connectivity index (χ4v) is 3.44. The van der Waals surface area contributed by atoms with Gasteiger partial charge in [0.2, 0.25) is 5.91 Å². The first-order chi connectivity index (χ1) is 13.8. The molecular weight excluding hydrogens is 431 g/mol. The predicted octanol–water partition coefficient (Wildman–Crippen LogP) is -3.50. The van der Waals surface area contributed by atoms with Crippen LogP contribution < -0.4 is 22.1 Å². The first-order valence-corrected chi connectivity index (χ1v) is 10.0. The van der Waals surface area contributed by atoms with Crippen LogP contribution >= 0.6 is 7.75 Å². The van der Waals surface area contributed by atoms with E-state index in [0.717, 1.165) is 10.8 Å². The Morgan fingerprint density at radius 3 is 2.63 bits per heavy atom. The number of aromatic nitrogens is 2. The average molecular weight is 452 g/mol. The summed E-state index contributed by atoms with van der Waals surface area (Å²) in [6.45, 7) is 0.598. The van der Waals surface area contributed by atoms with Gasteiger partial charge in [-0.25, -0.2) is 9.36 Å². The summed E-state index contributed by atoms with van der Waals surface area (Å²) in [5, 5.41) is 30.3. The summed E-state index contributed by atoms with van der Waals surface area (Å²) in [5.41, 5.74) is 3.82. The van der Waals surface area contributed by atoms with Gasteiger partial charge in [-0.2, -0.15) is 0 Å². The molecule has 0 spiro atoms. The molecule has 30 heavy (non-hydrogen) atoms. The van der Waals surface area contributed by atoms with Crippen LogP contribution in [0.5, 0.6) is 0 Å². The molecule has 1 aromatic rings. The first kappa shape index (κ1) is 23.9. The molecule has 2 rings (SSSR count). The summed E-state index contributed by atoms with van der Waals surface area (Å²) < 4.78 is 22.7. The summed E-state index contributed by atoms with van der Waals surface area (Å²) in [7, 11) is -4.82. The second-order valence-corrected chi connectivity index (χ2v) is 8.04. The van der Waals surface area contributed by atoms with Crippen molar-refractivity contribution in [1.82, 2.24) is 14.6 Å². The van der Waals surface area contributed by atoms with Crippen LogP contribution in [0, 0.1) is 6.92 Å². The van der Waals surface area contributed by atoms with E-state index in [1.165, 1.54) is 6.92 Å². The standard InChI is InChI=1S/C14H21N4O11P/c1-5-3-18(14(25)16-11(5)23)13-10(22)9(21)7(29-13)4-28-30(26,27)17-12(24)6(15)2-8(19)20/h3,6-7,9-10,13,21-22H,2,4,15H2,1H3,(H,19,20)(H,16,23,25)(H2,17,24,26,27)/t6-,7+,9+,10+,13-/m0/s1. The topological polar surface area (TPSA) is 243 Å². The fourth-order valence-electron chi connectivity index (χ4n) is 2.58. The van der Waals surface area contributed by atoms with Crippen LogP contribution in [-0.4, -0.2) is 72.6 Å². The second-order valence-electron chi connectivity index (χ2n) is 6.52. The minimum atomic E-state index is -4.82. The Bertz CT molecular complexity index is 975. The van der Waals surface area contributed by atoms with Gasteiger partial charge in [0.05, 0.1) is 19.1 Å². The van der Waals surface area contributed by atoms with Crippen LogP contribution in [0.2, 0.25) is 0 Å².